The molecule has 0 saturated carbocycles. The van der Waals surface area contributed by atoms with Gasteiger partial charge in [-0.25, -0.2) is 9.59 Å². The van der Waals surface area contributed by atoms with E-state index < -0.39 is 11.9 Å². The number of hydrogen-bond donors (Lipinski definition) is 0. The summed E-state index contributed by atoms with van der Waals surface area (Å²) in [5, 5.41) is 0.357. The zero-order valence-electron chi connectivity index (χ0n) is 13.0. The van der Waals surface area contributed by atoms with Crippen molar-refractivity contribution in [2.45, 2.75) is 0 Å². The summed E-state index contributed by atoms with van der Waals surface area (Å²) in [6.07, 6.45) is 0. The number of carbonyl (C=O) groups excluding carboxylic acids is 2. The van der Waals surface area contributed by atoms with Crippen molar-refractivity contribution < 1.29 is 19.1 Å². The van der Waals surface area contributed by atoms with E-state index in [9.17, 15) is 9.59 Å². The highest BCUT2D eigenvalue weighted by molar-refractivity contribution is 6.30. The van der Waals surface area contributed by atoms with Gasteiger partial charge in [-0.2, -0.15) is 0 Å². The highest BCUT2D eigenvalue weighted by Crippen LogP contribution is 2.31. The van der Waals surface area contributed by atoms with Gasteiger partial charge in [0.05, 0.1) is 11.1 Å². The molecule has 124 valence electrons. The number of ether oxygens (including phenoxy) is 2. The van der Waals surface area contributed by atoms with Gasteiger partial charge in [0.25, 0.3) is 0 Å². The summed E-state index contributed by atoms with van der Waals surface area (Å²) in [5.74, 6) is -0.937. The molecule has 0 N–H and O–H groups in total. The van der Waals surface area contributed by atoms with Gasteiger partial charge in [0.2, 0.25) is 0 Å². The molecule has 0 atom stereocenters. The van der Waals surface area contributed by atoms with Gasteiger partial charge in [-0.05, 0) is 36.4 Å². The molecule has 0 aliphatic heterocycles. The average Bonchev–Trinajstić information content (AvgIpc) is 2.65. The lowest BCUT2D eigenvalue weighted by molar-refractivity contribution is 0.0682. The summed E-state index contributed by atoms with van der Waals surface area (Å²) in [7, 11) is 0. The van der Waals surface area contributed by atoms with Gasteiger partial charge in [-0.1, -0.05) is 48.0 Å². The summed E-state index contributed by atoms with van der Waals surface area (Å²) in [4.78, 5) is 24.4. The molecule has 0 fully saturated rings. The molecule has 0 aliphatic rings. The standard InChI is InChI=1S/C20H13ClO4/c21-16-11-12-17(24-19(22)14-7-3-1-4-8-14)18(13-16)25-20(23)15-9-5-2-6-10-15/h1-13H. The molecule has 0 amide bonds. The normalized spacial score (nSPS) is 10.1. The molecule has 3 aromatic carbocycles. The zero-order chi connectivity index (χ0) is 17.6. The van der Waals surface area contributed by atoms with Crippen LogP contribution in [0.5, 0.6) is 11.5 Å². The van der Waals surface area contributed by atoms with Gasteiger partial charge in [0, 0.05) is 11.1 Å². The van der Waals surface area contributed by atoms with Crippen LogP contribution >= 0.6 is 11.6 Å². The summed E-state index contributed by atoms with van der Waals surface area (Å²) in [5.41, 5.74) is 0.764. The lowest BCUT2D eigenvalue weighted by Crippen LogP contribution is -2.12. The van der Waals surface area contributed by atoms with Crippen LogP contribution in [0.25, 0.3) is 0 Å². The van der Waals surface area contributed by atoms with Crippen LogP contribution in [0.15, 0.2) is 78.9 Å². The summed E-state index contributed by atoms with van der Waals surface area (Å²) in [6.45, 7) is 0. The van der Waals surface area contributed by atoms with Crippen molar-refractivity contribution >= 4 is 23.5 Å². The van der Waals surface area contributed by atoms with E-state index in [0.717, 1.165) is 0 Å². The second-order valence-corrected chi connectivity index (χ2v) is 5.54. The molecule has 3 rings (SSSR count). The Balaban J connectivity index is 1.83. The molecule has 4 nitrogen and oxygen atoms in total. The van der Waals surface area contributed by atoms with Crippen molar-refractivity contribution in [2.75, 3.05) is 0 Å². The minimum absolute atomic E-state index is 0.0747. The first-order valence-corrected chi connectivity index (χ1v) is 7.85. The Hall–Kier alpha value is -3.11. The van der Waals surface area contributed by atoms with Gasteiger partial charge in [0.1, 0.15) is 0 Å². The van der Waals surface area contributed by atoms with Crippen LogP contribution in [0.2, 0.25) is 5.02 Å². The van der Waals surface area contributed by atoms with E-state index in [4.69, 9.17) is 21.1 Å². The van der Waals surface area contributed by atoms with Crippen molar-refractivity contribution in [3.8, 4) is 11.5 Å². The van der Waals surface area contributed by atoms with Crippen molar-refractivity contribution in [3.63, 3.8) is 0 Å². The van der Waals surface area contributed by atoms with E-state index in [1.807, 2.05) is 0 Å². The zero-order valence-corrected chi connectivity index (χ0v) is 13.8. The fourth-order valence-electron chi connectivity index (χ4n) is 2.11. The highest BCUT2D eigenvalue weighted by atomic mass is 35.5. The van der Waals surface area contributed by atoms with E-state index in [0.29, 0.717) is 16.1 Å². The second kappa shape index (κ2) is 7.64. The highest BCUT2D eigenvalue weighted by Gasteiger charge is 2.16. The van der Waals surface area contributed by atoms with Crippen LogP contribution in [0.1, 0.15) is 20.7 Å². The Bertz CT molecular complexity index is 892. The van der Waals surface area contributed by atoms with Crippen molar-refractivity contribution in [1.82, 2.24) is 0 Å². The summed E-state index contributed by atoms with van der Waals surface area (Å²) >= 11 is 5.97. The average molecular weight is 353 g/mol. The predicted molar refractivity (Wildman–Crippen MR) is 94.3 cm³/mol. The predicted octanol–water partition coefficient (Wildman–Crippen LogP) is 4.78. The van der Waals surface area contributed by atoms with Crippen molar-refractivity contribution in [2.24, 2.45) is 0 Å². The smallest absolute Gasteiger partial charge is 0.343 e. The number of carbonyl (C=O) groups is 2. The molecular formula is C20H13ClO4. The van der Waals surface area contributed by atoms with E-state index in [1.165, 1.54) is 12.1 Å². The van der Waals surface area contributed by atoms with Gasteiger partial charge in [0.15, 0.2) is 11.5 Å². The number of hydrogen-bond acceptors (Lipinski definition) is 4. The Labute approximate surface area is 149 Å². The molecule has 3 aromatic rings. The fourth-order valence-corrected chi connectivity index (χ4v) is 2.27. The van der Waals surface area contributed by atoms with Crippen LogP contribution in [0.4, 0.5) is 0 Å². The minimum Gasteiger partial charge on any atom is -0.419 e. The number of rotatable bonds is 4. The third kappa shape index (κ3) is 4.25. The molecule has 0 radical (unpaired) electrons. The molecule has 0 spiro atoms. The Morgan fingerprint density at radius 3 is 1.64 bits per heavy atom. The molecular weight excluding hydrogens is 340 g/mol. The molecule has 5 heteroatoms. The lowest BCUT2D eigenvalue weighted by atomic mass is 10.2. The first kappa shape index (κ1) is 16.7. The van der Waals surface area contributed by atoms with Crippen LogP contribution < -0.4 is 9.47 Å². The quantitative estimate of drug-likeness (QED) is 0.501. The van der Waals surface area contributed by atoms with Crippen LogP contribution in [-0.4, -0.2) is 11.9 Å². The number of halogens is 1. The molecule has 0 aromatic heterocycles. The third-order valence-electron chi connectivity index (χ3n) is 3.33. The minimum atomic E-state index is -0.570. The van der Waals surface area contributed by atoms with Gasteiger partial charge in [-0.3, -0.25) is 0 Å². The van der Waals surface area contributed by atoms with Crippen molar-refractivity contribution in [1.29, 1.82) is 0 Å². The SMILES string of the molecule is O=C(Oc1ccc(Cl)cc1OC(=O)c1ccccc1)c1ccccc1. The topological polar surface area (TPSA) is 52.6 Å². The van der Waals surface area contributed by atoms with Gasteiger partial charge in [-0.15, -0.1) is 0 Å². The summed E-state index contributed by atoms with van der Waals surface area (Å²) < 4.78 is 10.7. The first-order chi connectivity index (χ1) is 12.1. The monoisotopic (exact) mass is 352 g/mol. The van der Waals surface area contributed by atoms with E-state index in [1.54, 1.807) is 66.7 Å². The Kier molecular flexibility index (Phi) is 5.11. The number of benzene rings is 3. The maximum atomic E-state index is 12.2. The maximum absolute atomic E-state index is 12.2. The molecule has 0 aliphatic carbocycles. The summed E-state index contributed by atoms with van der Waals surface area (Å²) in [6, 6.07) is 21.5. The molecule has 0 saturated heterocycles. The number of esters is 2. The van der Waals surface area contributed by atoms with E-state index in [2.05, 4.69) is 0 Å². The van der Waals surface area contributed by atoms with E-state index >= 15 is 0 Å². The Morgan fingerprint density at radius 1 is 0.640 bits per heavy atom. The Morgan fingerprint density at radius 2 is 1.12 bits per heavy atom. The van der Waals surface area contributed by atoms with Gasteiger partial charge >= 0.3 is 11.9 Å². The van der Waals surface area contributed by atoms with Gasteiger partial charge < -0.3 is 9.47 Å². The molecule has 0 heterocycles. The van der Waals surface area contributed by atoms with Crippen molar-refractivity contribution in [3.05, 3.63) is 95.0 Å². The van der Waals surface area contributed by atoms with Crippen LogP contribution in [-0.2, 0) is 0 Å². The second-order valence-electron chi connectivity index (χ2n) is 5.10. The largest absolute Gasteiger partial charge is 0.419 e. The lowest BCUT2D eigenvalue weighted by Gasteiger charge is -2.11. The van der Waals surface area contributed by atoms with Crippen LogP contribution in [0, 0.1) is 0 Å². The van der Waals surface area contributed by atoms with Crippen LogP contribution in [0.3, 0.4) is 0 Å². The first-order valence-electron chi connectivity index (χ1n) is 7.47. The molecule has 25 heavy (non-hydrogen) atoms. The molecule has 0 unspecified atom stereocenters. The maximum Gasteiger partial charge on any atom is 0.343 e. The molecule has 0 bridgehead atoms. The third-order valence-corrected chi connectivity index (χ3v) is 3.57. The van der Waals surface area contributed by atoms with E-state index in [-0.39, 0.29) is 11.5 Å². The fraction of sp³-hybridized carbons (Fsp3) is 0.